The first-order valence-electron chi connectivity index (χ1n) is 20.6. The SMILES string of the molecule is c1ccc(-c2ccc(-c3cc(-c4ccc(-c5cc(-c6ccccc6)cc(-c6ccc7sc8ccccc8c7c6)c5-c5ccccc5)cc4)nc(-c4ccccc4)n3)cc2)cc1. The summed E-state index contributed by atoms with van der Waals surface area (Å²) in [7, 11) is 0. The van der Waals surface area contributed by atoms with E-state index in [0.29, 0.717) is 5.82 Å². The van der Waals surface area contributed by atoms with Gasteiger partial charge in [-0.15, -0.1) is 11.3 Å². The summed E-state index contributed by atoms with van der Waals surface area (Å²) in [6, 6.07) is 82.5. The van der Waals surface area contributed by atoms with Crippen molar-refractivity contribution in [2.24, 2.45) is 0 Å². The Kier molecular flexibility index (Phi) is 9.42. The van der Waals surface area contributed by atoms with Crippen molar-refractivity contribution in [1.29, 1.82) is 0 Å². The standard InChI is InChI=1S/C58H38N2S/c1-5-15-39(16-6-1)41-25-29-43(30-26-41)53-38-54(60-58(59-53)46-21-11-4-12-22-46)44-31-27-42(28-32-44)50-36-48(40-17-7-2-8-18-40)37-51(57(50)45-19-9-3-10-20-45)47-33-34-56-52(35-47)49-23-13-14-24-55(49)61-56/h1-38H. The van der Waals surface area contributed by atoms with Gasteiger partial charge >= 0.3 is 0 Å². The van der Waals surface area contributed by atoms with Crippen molar-refractivity contribution < 1.29 is 0 Å². The Morgan fingerprint density at radius 1 is 0.262 bits per heavy atom. The highest BCUT2D eigenvalue weighted by molar-refractivity contribution is 7.25. The molecule has 0 spiro atoms. The van der Waals surface area contributed by atoms with Gasteiger partial charge in [-0.25, -0.2) is 9.97 Å². The fourth-order valence-electron chi connectivity index (χ4n) is 8.45. The predicted molar refractivity (Wildman–Crippen MR) is 258 cm³/mol. The first-order valence-corrected chi connectivity index (χ1v) is 21.5. The first kappa shape index (κ1) is 36.4. The molecule has 286 valence electrons. The van der Waals surface area contributed by atoms with E-state index in [4.69, 9.17) is 9.97 Å². The Labute approximate surface area is 359 Å². The highest BCUT2D eigenvalue weighted by atomic mass is 32.1. The second kappa shape index (κ2) is 15.8. The number of rotatable bonds is 8. The number of aromatic nitrogens is 2. The van der Waals surface area contributed by atoms with Gasteiger partial charge in [-0.05, 0) is 92.0 Å². The summed E-state index contributed by atoms with van der Waals surface area (Å²) in [5.74, 6) is 0.700. The molecular formula is C58H38N2S. The third-order valence-corrected chi connectivity index (χ3v) is 12.7. The number of nitrogens with zero attached hydrogens (tertiary/aromatic N) is 2. The zero-order valence-electron chi connectivity index (χ0n) is 33.2. The van der Waals surface area contributed by atoms with Crippen LogP contribution >= 0.6 is 11.3 Å². The second-order valence-electron chi connectivity index (χ2n) is 15.3. The Bertz CT molecular complexity index is 3300. The van der Waals surface area contributed by atoms with Crippen LogP contribution in [0.5, 0.6) is 0 Å². The lowest BCUT2D eigenvalue weighted by Crippen LogP contribution is -1.96. The summed E-state index contributed by atoms with van der Waals surface area (Å²) >= 11 is 1.86. The van der Waals surface area contributed by atoms with Crippen LogP contribution < -0.4 is 0 Å². The Morgan fingerprint density at radius 2 is 0.689 bits per heavy atom. The maximum Gasteiger partial charge on any atom is 0.160 e. The van der Waals surface area contributed by atoms with Gasteiger partial charge in [-0.3, -0.25) is 0 Å². The van der Waals surface area contributed by atoms with E-state index in [1.54, 1.807) is 0 Å². The predicted octanol–water partition coefficient (Wildman–Crippen LogP) is 16.2. The fraction of sp³-hybridized carbons (Fsp3) is 0. The van der Waals surface area contributed by atoms with Crippen molar-refractivity contribution in [1.82, 2.24) is 9.97 Å². The molecule has 2 heterocycles. The van der Waals surface area contributed by atoms with Gasteiger partial charge < -0.3 is 0 Å². The van der Waals surface area contributed by atoms with E-state index in [0.717, 1.165) is 33.6 Å². The molecule has 11 rings (SSSR count). The minimum absolute atomic E-state index is 0.700. The largest absolute Gasteiger partial charge is 0.228 e. The Hall–Kier alpha value is -7.72. The van der Waals surface area contributed by atoms with Crippen LogP contribution in [0.2, 0.25) is 0 Å². The van der Waals surface area contributed by atoms with Gasteiger partial charge in [0.25, 0.3) is 0 Å². The van der Waals surface area contributed by atoms with Crippen LogP contribution in [-0.4, -0.2) is 9.97 Å². The van der Waals surface area contributed by atoms with E-state index >= 15 is 0 Å². The number of hydrogen-bond donors (Lipinski definition) is 0. The molecule has 0 aliphatic heterocycles. The molecule has 0 N–H and O–H groups in total. The molecule has 11 aromatic rings. The lowest BCUT2D eigenvalue weighted by atomic mass is 9.84. The molecule has 2 aromatic heterocycles. The molecule has 0 unspecified atom stereocenters. The monoisotopic (exact) mass is 794 g/mol. The Morgan fingerprint density at radius 3 is 1.30 bits per heavy atom. The number of thiophene rings is 1. The van der Waals surface area contributed by atoms with Crippen LogP contribution in [0.3, 0.4) is 0 Å². The quantitative estimate of drug-likeness (QED) is 0.153. The number of hydrogen-bond acceptors (Lipinski definition) is 3. The molecule has 3 heteroatoms. The average Bonchev–Trinajstić information content (AvgIpc) is 3.73. The molecule has 61 heavy (non-hydrogen) atoms. The van der Waals surface area contributed by atoms with Crippen molar-refractivity contribution in [3.05, 3.63) is 231 Å². The maximum atomic E-state index is 5.17. The van der Waals surface area contributed by atoms with Gasteiger partial charge in [0, 0.05) is 36.9 Å². The molecule has 0 atom stereocenters. The zero-order valence-corrected chi connectivity index (χ0v) is 34.1. The summed E-state index contributed by atoms with van der Waals surface area (Å²) in [5.41, 5.74) is 16.6. The van der Waals surface area contributed by atoms with Crippen molar-refractivity contribution in [3.63, 3.8) is 0 Å². The lowest BCUT2D eigenvalue weighted by Gasteiger charge is -2.19. The van der Waals surface area contributed by atoms with E-state index in [9.17, 15) is 0 Å². The van der Waals surface area contributed by atoms with Gasteiger partial charge in [0.1, 0.15) is 0 Å². The summed E-state index contributed by atoms with van der Waals surface area (Å²) in [4.78, 5) is 10.3. The normalized spacial score (nSPS) is 11.3. The van der Waals surface area contributed by atoms with Crippen LogP contribution in [0.15, 0.2) is 231 Å². The number of fused-ring (bicyclic) bond motifs is 3. The third kappa shape index (κ3) is 7.12. The molecule has 0 radical (unpaired) electrons. The number of benzene rings is 9. The smallest absolute Gasteiger partial charge is 0.160 e. The molecule has 0 aliphatic carbocycles. The lowest BCUT2D eigenvalue weighted by molar-refractivity contribution is 1.18. The molecule has 0 saturated carbocycles. The molecule has 0 aliphatic rings. The molecule has 0 amide bonds. The van der Waals surface area contributed by atoms with E-state index in [2.05, 4.69) is 206 Å². The molecule has 0 fully saturated rings. The van der Waals surface area contributed by atoms with Crippen molar-refractivity contribution in [2.75, 3.05) is 0 Å². The van der Waals surface area contributed by atoms with Gasteiger partial charge in [0.15, 0.2) is 5.82 Å². The van der Waals surface area contributed by atoms with Crippen molar-refractivity contribution >= 4 is 31.5 Å². The van der Waals surface area contributed by atoms with Crippen LogP contribution in [0, 0.1) is 0 Å². The van der Waals surface area contributed by atoms with Crippen LogP contribution in [-0.2, 0) is 0 Å². The minimum Gasteiger partial charge on any atom is -0.228 e. The van der Waals surface area contributed by atoms with Crippen LogP contribution in [0.25, 0.3) is 110 Å². The van der Waals surface area contributed by atoms with Gasteiger partial charge in [0.2, 0.25) is 0 Å². The van der Waals surface area contributed by atoms with Crippen LogP contribution in [0.1, 0.15) is 0 Å². The molecule has 9 aromatic carbocycles. The summed E-state index contributed by atoms with van der Waals surface area (Å²) < 4.78 is 2.61. The summed E-state index contributed by atoms with van der Waals surface area (Å²) in [6.45, 7) is 0. The van der Waals surface area contributed by atoms with Crippen molar-refractivity contribution in [3.8, 4) is 89.5 Å². The highest BCUT2D eigenvalue weighted by Crippen LogP contribution is 2.45. The molecule has 0 bridgehead atoms. The third-order valence-electron chi connectivity index (χ3n) is 11.5. The van der Waals surface area contributed by atoms with Gasteiger partial charge in [-0.1, -0.05) is 194 Å². The highest BCUT2D eigenvalue weighted by Gasteiger charge is 2.19. The van der Waals surface area contributed by atoms with E-state index in [1.807, 2.05) is 35.6 Å². The van der Waals surface area contributed by atoms with Gasteiger partial charge in [0.05, 0.1) is 11.4 Å². The van der Waals surface area contributed by atoms with Gasteiger partial charge in [-0.2, -0.15) is 0 Å². The van der Waals surface area contributed by atoms with E-state index < -0.39 is 0 Å². The van der Waals surface area contributed by atoms with E-state index in [1.165, 1.54) is 70.2 Å². The molecule has 0 saturated heterocycles. The maximum absolute atomic E-state index is 5.17. The summed E-state index contributed by atoms with van der Waals surface area (Å²) in [5, 5.41) is 2.59. The van der Waals surface area contributed by atoms with E-state index in [-0.39, 0.29) is 0 Å². The topological polar surface area (TPSA) is 25.8 Å². The minimum atomic E-state index is 0.700. The Balaban J connectivity index is 1.06. The molecule has 2 nitrogen and oxygen atoms in total. The fourth-order valence-corrected chi connectivity index (χ4v) is 9.53. The van der Waals surface area contributed by atoms with Crippen LogP contribution in [0.4, 0.5) is 0 Å². The summed E-state index contributed by atoms with van der Waals surface area (Å²) in [6.07, 6.45) is 0. The second-order valence-corrected chi connectivity index (χ2v) is 16.4. The first-order chi connectivity index (χ1) is 30.2. The zero-order chi connectivity index (χ0) is 40.5. The average molecular weight is 795 g/mol. The van der Waals surface area contributed by atoms with Crippen molar-refractivity contribution in [2.45, 2.75) is 0 Å². The molecular weight excluding hydrogens is 757 g/mol.